The standard InChI is InChI=1S/C32H52N2O6S/c1-9-26-19-32(25(6)40-32)20-27(39-26)13-10-21(2)11-14-29-22(3)18-28(24(5)38-29)33-30(35)15-12-23(4)37-31(36)34(7)16-17-41-8/h10-13,15,22-29H,9,14,16-20H2,1-8H3,(H,33,35)/b13-10+,15-12-,21-11+/t22?,23?,24?,25?,26-,27?,28?,29?,32?/m1/s1. The van der Waals surface area contributed by atoms with Crippen LogP contribution in [0.25, 0.3) is 0 Å². The molecule has 0 aliphatic carbocycles. The monoisotopic (exact) mass is 592 g/mol. The van der Waals surface area contributed by atoms with E-state index in [9.17, 15) is 9.59 Å². The van der Waals surface area contributed by atoms with Crippen molar-refractivity contribution in [3.8, 4) is 0 Å². The second-order valence-electron chi connectivity index (χ2n) is 12.1. The number of carbonyl (C=O) groups excluding carboxylic acids is 2. The quantitative estimate of drug-likeness (QED) is 0.177. The van der Waals surface area contributed by atoms with Crippen LogP contribution >= 0.6 is 11.8 Å². The lowest BCUT2D eigenvalue weighted by Crippen LogP contribution is -2.50. The highest BCUT2D eigenvalue weighted by atomic mass is 32.2. The second kappa shape index (κ2) is 15.6. The van der Waals surface area contributed by atoms with Crippen LogP contribution in [0.4, 0.5) is 4.79 Å². The molecule has 0 aromatic rings. The van der Waals surface area contributed by atoms with Gasteiger partial charge in [0.05, 0.1) is 42.2 Å². The number of hydrogen-bond acceptors (Lipinski definition) is 7. The van der Waals surface area contributed by atoms with Gasteiger partial charge in [-0.15, -0.1) is 0 Å². The summed E-state index contributed by atoms with van der Waals surface area (Å²) in [6, 6.07) is -0.0757. The van der Waals surface area contributed by atoms with Crippen LogP contribution in [0.5, 0.6) is 0 Å². The molecule has 0 bridgehead atoms. The van der Waals surface area contributed by atoms with Crippen LogP contribution in [-0.4, -0.2) is 90.8 Å². The molecular formula is C32H52N2O6S. The Labute approximate surface area is 251 Å². The molecule has 0 radical (unpaired) electrons. The molecule has 9 heteroatoms. The predicted molar refractivity (Wildman–Crippen MR) is 165 cm³/mol. The van der Waals surface area contributed by atoms with Crippen molar-refractivity contribution in [3.63, 3.8) is 0 Å². The number of ether oxygens (including phenoxy) is 4. The molecule has 41 heavy (non-hydrogen) atoms. The van der Waals surface area contributed by atoms with E-state index in [0.29, 0.717) is 18.6 Å². The number of hydrogen-bond donors (Lipinski definition) is 1. The summed E-state index contributed by atoms with van der Waals surface area (Å²) >= 11 is 1.67. The number of rotatable bonds is 12. The van der Waals surface area contributed by atoms with Gasteiger partial charge in [-0.25, -0.2) is 4.79 Å². The van der Waals surface area contributed by atoms with E-state index in [2.05, 4.69) is 51.2 Å². The van der Waals surface area contributed by atoms with Crippen molar-refractivity contribution in [2.24, 2.45) is 5.92 Å². The second-order valence-corrected chi connectivity index (χ2v) is 13.0. The van der Waals surface area contributed by atoms with E-state index in [1.54, 1.807) is 31.8 Å². The van der Waals surface area contributed by atoms with Crippen molar-refractivity contribution in [3.05, 3.63) is 36.0 Å². The van der Waals surface area contributed by atoms with Gasteiger partial charge < -0.3 is 29.2 Å². The average Bonchev–Trinajstić information content (AvgIpc) is 3.55. The smallest absolute Gasteiger partial charge is 0.410 e. The Kier molecular flexibility index (Phi) is 12.8. The lowest BCUT2D eigenvalue weighted by molar-refractivity contribution is -0.123. The Hall–Kier alpha value is -1.81. The third-order valence-electron chi connectivity index (χ3n) is 8.58. The maximum atomic E-state index is 12.6. The molecule has 3 aliphatic heterocycles. The van der Waals surface area contributed by atoms with Crippen molar-refractivity contribution in [2.75, 3.05) is 25.6 Å². The molecule has 8 unspecified atom stereocenters. The van der Waals surface area contributed by atoms with E-state index in [4.69, 9.17) is 18.9 Å². The fourth-order valence-electron chi connectivity index (χ4n) is 5.66. The lowest BCUT2D eigenvalue weighted by atomic mass is 9.87. The summed E-state index contributed by atoms with van der Waals surface area (Å²) in [5, 5.41) is 3.07. The number of allylic oxidation sites excluding steroid dienone is 2. The molecule has 3 saturated heterocycles. The number of nitrogens with zero attached hydrogens (tertiary/aromatic N) is 1. The number of thioether (sulfide) groups is 1. The van der Waals surface area contributed by atoms with Crippen LogP contribution in [0, 0.1) is 5.92 Å². The highest BCUT2D eigenvalue weighted by Gasteiger charge is 2.57. The molecule has 232 valence electrons. The van der Waals surface area contributed by atoms with Crippen LogP contribution < -0.4 is 5.32 Å². The Morgan fingerprint density at radius 3 is 2.59 bits per heavy atom. The Morgan fingerprint density at radius 2 is 1.93 bits per heavy atom. The van der Waals surface area contributed by atoms with Gasteiger partial charge in [-0.3, -0.25) is 4.79 Å². The number of nitrogens with one attached hydrogen (secondary N) is 1. The van der Waals surface area contributed by atoms with Crippen LogP contribution in [0.15, 0.2) is 36.0 Å². The first-order chi connectivity index (χ1) is 19.5. The Morgan fingerprint density at radius 1 is 1.20 bits per heavy atom. The highest BCUT2D eigenvalue weighted by molar-refractivity contribution is 7.98. The first kappa shape index (κ1) is 33.7. The third kappa shape index (κ3) is 10.2. The maximum absolute atomic E-state index is 12.6. The molecule has 3 heterocycles. The summed E-state index contributed by atoms with van der Waals surface area (Å²) in [6.45, 7) is 13.0. The minimum absolute atomic E-state index is 0.0180. The van der Waals surface area contributed by atoms with E-state index in [1.165, 1.54) is 16.5 Å². The molecule has 9 atom stereocenters. The summed E-state index contributed by atoms with van der Waals surface area (Å²) in [4.78, 5) is 26.2. The van der Waals surface area contributed by atoms with Gasteiger partial charge in [0.2, 0.25) is 5.91 Å². The van der Waals surface area contributed by atoms with Gasteiger partial charge in [0.1, 0.15) is 6.10 Å². The van der Waals surface area contributed by atoms with Gasteiger partial charge >= 0.3 is 6.09 Å². The minimum atomic E-state index is -0.498. The van der Waals surface area contributed by atoms with E-state index in [0.717, 1.165) is 37.9 Å². The van der Waals surface area contributed by atoms with Crippen molar-refractivity contribution < 1.29 is 28.5 Å². The first-order valence-electron chi connectivity index (χ1n) is 15.2. The molecule has 0 aromatic heterocycles. The molecule has 3 aliphatic rings. The van der Waals surface area contributed by atoms with Crippen molar-refractivity contribution in [1.82, 2.24) is 10.2 Å². The molecule has 8 nitrogen and oxygen atoms in total. The summed E-state index contributed by atoms with van der Waals surface area (Å²) in [5.41, 5.74) is 1.21. The van der Waals surface area contributed by atoms with Crippen LogP contribution in [-0.2, 0) is 23.7 Å². The maximum Gasteiger partial charge on any atom is 0.410 e. The number of carbonyl (C=O) groups is 2. The zero-order chi connectivity index (χ0) is 30.2. The van der Waals surface area contributed by atoms with E-state index < -0.39 is 12.2 Å². The molecule has 1 spiro atoms. The molecule has 2 amide bonds. The van der Waals surface area contributed by atoms with Gasteiger partial charge in [-0.1, -0.05) is 37.6 Å². The number of amides is 2. The first-order valence-corrected chi connectivity index (χ1v) is 16.6. The van der Waals surface area contributed by atoms with Crippen molar-refractivity contribution >= 4 is 23.8 Å². The van der Waals surface area contributed by atoms with Gasteiger partial charge in [0.25, 0.3) is 0 Å². The molecule has 3 fully saturated rings. The average molecular weight is 593 g/mol. The fourth-order valence-corrected chi connectivity index (χ4v) is 6.11. The lowest BCUT2D eigenvalue weighted by Gasteiger charge is -2.39. The van der Waals surface area contributed by atoms with E-state index >= 15 is 0 Å². The van der Waals surface area contributed by atoms with Gasteiger partial charge in [-0.05, 0) is 65.2 Å². The summed E-state index contributed by atoms with van der Waals surface area (Å²) in [7, 11) is 1.71. The van der Waals surface area contributed by atoms with Crippen molar-refractivity contribution in [1.29, 1.82) is 0 Å². The van der Waals surface area contributed by atoms with Crippen LogP contribution in [0.1, 0.15) is 73.6 Å². The van der Waals surface area contributed by atoms with Crippen LogP contribution in [0.2, 0.25) is 0 Å². The number of epoxide rings is 1. The summed E-state index contributed by atoms with van der Waals surface area (Å²) < 4.78 is 24.0. The van der Waals surface area contributed by atoms with Crippen molar-refractivity contribution in [2.45, 2.75) is 122 Å². The third-order valence-corrected chi connectivity index (χ3v) is 9.17. The molecule has 3 rings (SSSR count). The molecule has 1 N–H and O–H groups in total. The fraction of sp³-hybridized carbons (Fsp3) is 0.750. The van der Waals surface area contributed by atoms with Crippen LogP contribution in [0.3, 0.4) is 0 Å². The van der Waals surface area contributed by atoms with E-state index in [-0.39, 0.29) is 42.0 Å². The zero-order valence-corrected chi connectivity index (χ0v) is 27.1. The Balaban J connectivity index is 1.42. The normalized spacial score (nSPS) is 34.6. The largest absolute Gasteiger partial charge is 0.442 e. The molecular weight excluding hydrogens is 540 g/mol. The van der Waals surface area contributed by atoms with Gasteiger partial charge in [-0.2, -0.15) is 11.8 Å². The van der Waals surface area contributed by atoms with E-state index in [1.807, 2.05) is 13.2 Å². The molecule has 0 saturated carbocycles. The van der Waals surface area contributed by atoms with Gasteiger partial charge in [0.15, 0.2) is 0 Å². The summed E-state index contributed by atoms with van der Waals surface area (Å²) in [6.07, 6.45) is 16.0. The molecule has 0 aromatic carbocycles. The minimum Gasteiger partial charge on any atom is -0.442 e. The predicted octanol–water partition coefficient (Wildman–Crippen LogP) is 5.67. The highest BCUT2D eigenvalue weighted by Crippen LogP contribution is 2.48. The SMILES string of the molecule is CC[C@@H]1CC2(CC(/C=C/C(C)=C/CC3OC(C)C(NC(=O)/C=C\C(C)OC(=O)N(C)CCSC)CC3C)O1)OC2C. The topological polar surface area (TPSA) is 89.6 Å². The van der Waals surface area contributed by atoms with Gasteiger partial charge in [0, 0.05) is 38.3 Å². The zero-order valence-electron chi connectivity index (χ0n) is 26.3. The summed E-state index contributed by atoms with van der Waals surface area (Å²) in [5.74, 6) is 0.932. The Bertz CT molecular complexity index is 970.